The number of hydrogen-bond acceptors (Lipinski definition) is 3. The van der Waals surface area contributed by atoms with Gasteiger partial charge in [-0.1, -0.05) is 55.3 Å². The normalized spacial score (nSPS) is 18.4. The van der Waals surface area contributed by atoms with Crippen LogP contribution in [0.1, 0.15) is 79.8 Å². The molecule has 4 rings (SSSR count). The SMILES string of the molecule is Cc1ccc(C(=O)N(CCC2=CCCCC2)C2CC(=O)N(c3ccc(C(C)C)cc3)C2=O)cc1. The summed E-state index contributed by atoms with van der Waals surface area (Å²) in [6, 6.07) is 14.2. The highest BCUT2D eigenvalue weighted by Crippen LogP contribution is 2.29. The molecule has 1 aliphatic carbocycles. The quantitative estimate of drug-likeness (QED) is 0.390. The van der Waals surface area contributed by atoms with E-state index in [2.05, 4.69) is 19.9 Å². The molecule has 0 N–H and O–H groups in total. The number of carbonyl (C=O) groups excluding carboxylic acids is 3. The van der Waals surface area contributed by atoms with Crippen molar-refractivity contribution in [3.63, 3.8) is 0 Å². The molecule has 1 fully saturated rings. The van der Waals surface area contributed by atoms with Gasteiger partial charge in [-0.2, -0.15) is 0 Å². The Morgan fingerprint density at radius 3 is 2.35 bits per heavy atom. The Labute approximate surface area is 202 Å². The van der Waals surface area contributed by atoms with Crippen molar-refractivity contribution in [2.75, 3.05) is 11.4 Å². The van der Waals surface area contributed by atoms with Crippen LogP contribution in [0.2, 0.25) is 0 Å². The maximum atomic E-state index is 13.6. The first kappa shape index (κ1) is 23.9. The molecule has 0 spiro atoms. The summed E-state index contributed by atoms with van der Waals surface area (Å²) in [5.41, 5.74) is 4.67. The summed E-state index contributed by atoms with van der Waals surface area (Å²) < 4.78 is 0. The van der Waals surface area contributed by atoms with Gasteiger partial charge in [0, 0.05) is 12.1 Å². The third kappa shape index (κ3) is 5.14. The van der Waals surface area contributed by atoms with Gasteiger partial charge in [0.1, 0.15) is 6.04 Å². The van der Waals surface area contributed by atoms with Crippen molar-refractivity contribution in [3.05, 3.63) is 76.9 Å². The van der Waals surface area contributed by atoms with Crippen LogP contribution in [0.15, 0.2) is 60.2 Å². The van der Waals surface area contributed by atoms with Crippen LogP contribution in [0.5, 0.6) is 0 Å². The topological polar surface area (TPSA) is 57.7 Å². The Balaban J connectivity index is 1.59. The first-order chi connectivity index (χ1) is 16.3. The molecule has 0 saturated carbocycles. The van der Waals surface area contributed by atoms with Crippen LogP contribution in [0, 0.1) is 6.92 Å². The lowest BCUT2D eigenvalue weighted by Crippen LogP contribution is -2.46. The summed E-state index contributed by atoms with van der Waals surface area (Å²) in [4.78, 5) is 42.9. The summed E-state index contributed by atoms with van der Waals surface area (Å²) >= 11 is 0. The molecule has 1 heterocycles. The van der Waals surface area contributed by atoms with Gasteiger partial charge in [0.25, 0.3) is 11.8 Å². The summed E-state index contributed by atoms with van der Waals surface area (Å²) in [5.74, 6) is -0.408. The molecule has 178 valence electrons. The van der Waals surface area contributed by atoms with Gasteiger partial charge in [-0.15, -0.1) is 0 Å². The fourth-order valence-corrected chi connectivity index (χ4v) is 4.80. The van der Waals surface area contributed by atoms with Crippen LogP contribution >= 0.6 is 0 Å². The van der Waals surface area contributed by atoms with E-state index in [-0.39, 0.29) is 24.1 Å². The molecular formula is C29H34N2O3. The van der Waals surface area contributed by atoms with Crippen molar-refractivity contribution in [1.82, 2.24) is 4.90 Å². The number of benzene rings is 2. The second-order valence-corrected chi connectivity index (χ2v) is 9.76. The molecule has 34 heavy (non-hydrogen) atoms. The Morgan fingerprint density at radius 2 is 1.74 bits per heavy atom. The molecule has 0 bridgehead atoms. The first-order valence-corrected chi connectivity index (χ1v) is 12.4. The molecule has 1 unspecified atom stereocenters. The van der Waals surface area contributed by atoms with E-state index in [1.54, 1.807) is 17.0 Å². The Morgan fingerprint density at radius 1 is 1.03 bits per heavy atom. The van der Waals surface area contributed by atoms with E-state index in [0.29, 0.717) is 23.7 Å². The van der Waals surface area contributed by atoms with Crippen molar-refractivity contribution in [2.45, 2.75) is 71.3 Å². The van der Waals surface area contributed by atoms with E-state index in [0.717, 1.165) is 30.4 Å². The van der Waals surface area contributed by atoms with Gasteiger partial charge in [0.15, 0.2) is 0 Å². The fourth-order valence-electron chi connectivity index (χ4n) is 4.80. The van der Waals surface area contributed by atoms with E-state index in [9.17, 15) is 14.4 Å². The molecule has 2 aromatic carbocycles. The number of anilines is 1. The van der Waals surface area contributed by atoms with Crippen molar-refractivity contribution >= 4 is 23.4 Å². The third-order valence-electron chi connectivity index (χ3n) is 6.94. The highest BCUT2D eigenvalue weighted by Gasteiger charge is 2.44. The minimum Gasteiger partial charge on any atom is -0.326 e. The van der Waals surface area contributed by atoms with Gasteiger partial charge in [0.05, 0.1) is 12.1 Å². The largest absolute Gasteiger partial charge is 0.326 e. The van der Waals surface area contributed by atoms with E-state index in [1.807, 2.05) is 43.3 Å². The van der Waals surface area contributed by atoms with E-state index in [4.69, 9.17) is 0 Å². The third-order valence-corrected chi connectivity index (χ3v) is 6.94. The van der Waals surface area contributed by atoms with Crippen LogP contribution in [0.3, 0.4) is 0 Å². The summed E-state index contributed by atoms with van der Waals surface area (Å²) in [6.07, 6.45) is 7.50. The number of imide groups is 1. The zero-order chi connectivity index (χ0) is 24.2. The van der Waals surface area contributed by atoms with Crippen LogP contribution in [0.4, 0.5) is 5.69 Å². The minimum absolute atomic E-state index is 0.0153. The van der Waals surface area contributed by atoms with Crippen LogP contribution in [-0.2, 0) is 9.59 Å². The molecule has 2 aliphatic rings. The van der Waals surface area contributed by atoms with Gasteiger partial charge < -0.3 is 4.90 Å². The molecule has 1 atom stereocenters. The van der Waals surface area contributed by atoms with Crippen LogP contribution in [0.25, 0.3) is 0 Å². The maximum absolute atomic E-state index is 13.6. The monoisotopic (exact) mass is 458 g/mol. The number of carbonyl (C=O) groups is 3. The van der Waals surface area contributed by atoms with Crippen molar-refractivity contribution in [3.8, 4) is 0 Å². The lowest BCUT2D eigenvalue weighted by molar-refractivity contribution is -0.122. The lowest BCUT2D eigenvalue weighted by atomic mass is 9.96. The molecular weight excluding hydrogens is 424 g/mol. The molecule has 5 nitrogen and oxygen atoms in total. The molecule has 1 aliphatic heterocycles. The van der Waals surface area contributed by atoms with Crippen LogP contribution in [-0.4, -0.2) is 35.2 Å². The number of hydrogen-bond donors (Lipinski definition) is 0. The number of nitrogens with zero attached hydrogens (tertiary/aromatic N) is 2. The van der Waals surface area contributed by atoms with Gasteiger partial charge in [-0.3, -0.25) is 14.4 Å². The van der Waals surface area contributed by atoms with Crippen LogP contribution < -0.4 is 4.90 Å². The van der Waals surface area contributed by atoms with Gasteiger partial charge >= 0.3 is 0 Å². The number of rotatable bonds is 7. The smallest absolute Gasteiger partial charge is 0.257 e. The zero-order valence-corrected chi connectivity index (χ0v) is 20.4. The second kappa shape index (κ2) is 10.4. The molecule has 0 aromatic heterocycles. The highest BCUT2D eigenvalue weighted by molar-refractivity contribution is 6.23. The average molecular weight is 459 g/mol. The minimum atomic E-state index is -0.782. The molecule has 1 saturated heterocycles. The van der Waals surface area contributed by atoms with Crippen molar-refractivity contribution in [2.24, 2.45) is 0 Å². The Kier molecular flexibility index (Phi) is 7.30. The molecule has 5 heteroatoms. The maximum Gasteiger partial charge on any atom is 0.257 e. The highest BCUT2D eigenvalue weighted by atomic mass is 16.2. The predicted octanol–water partition coefficient (Wildman–Crippen LogP) is 5.78. The fraction of sp³-hybridized carbons (Fsp3) is 0.414. The second-order valence-electron chi connectivity index (χ2n) is 9.76. The lowest BCUT2D eigenvalue weighted by Gasteiger charge is -2.29. The van der Waals surface area contributed by atoms with Gasteiger partial charge in [0.2, 0.25) is 5.91 Å². The Hall–Kier alpha value is -3.21. The number of allylic oxidation sites excluding steroid dienone is 1. The van der Waals surface area contributed by atoms with E-state index < -0.39 is 6.04 Å². The zero-order valence-electron chi connectivity index (χ0n) is 20.4. The standard InChI is InChI=1S/C29H34N2O3/c1-20(2)23-13-15-25(16-14-23)31-27(32)19-26(29(31)34)30(18-17-22-7-5-4-6-8-22)28(33)24-11-9-21(3)10-12-24/h7,9-16,20,26H,4-6,8,17-19H2,1-3H3. The predicted molar refractivity (Wildman–Crippen MR) is 135 cm³/mol. The van der Waals surface area contributed by atoms with Crippen molar-refractivity contribution < 1.29 is 14.4 Å². The number of aryl methyl sites for hydroxylation is 1. The van der Waals surface area contributed by atoms with E-state index in [1.165, 1.54) is 23.3 Å². The van der Waals surface area contributed by atoms with Crippen molar-refractivity contribution in [1.29, 1.82) is 0 Å². The van der Waals surface area contributed by atoms with E-state index >= 15 is 0 Å². The Bertz CT molecular complexity index is 1080. The summed E-state index contributed by atoms with van der Waals surface area (Å²) in [6.45, 7) is 6.62. The summed E-state index contributed by atoms with van der Waals surface area (Å²) in [7, 11) is 0. The van der Waals surface area contributed by atoms with Gasteiger partial charge in [-0.25, -0.2) is 4.90 Å². The van der Waals surface area contributed by atoms with Gasteiger partial charge in [-0.05, 0) is 74.8 Å². The molecule has 2 aromatic rings. The number of amides is 3. The average Bonchev–Trinajstić information content (AvgIpc) is 3.13. The summed E-state index contributed by atoms with van der Waals surface area (Å²) in [5, 5.41) is 0. The molecule has 0 radical (unpaired) electrons. The molecule has 3 amide bonds. The first-order valence-electron chi connectivity index (χ1n) is 12.4.